The first-order valence-electron chi connectivity index (χ1n) is 8.16. The fourth-order valence-corrected chi connectivity index (χ4v) is 3.82. The van der Waals surface area contributed by atoms with Crippen LogP contribution in [0.5, 0.6) is 0 Å². The summed E-state index contributed by atoms with van der Waals surface area (Å²) in [7, 11) is 0. The van der Waals surface area contributed by atoms with Crippen LogP contribution in [-0.2, 0) is 9.59 Å². The van der Waals surface area contributed by atoms with E-state index in [1.807, 2.05) is 29.2 Å². The molecule has 1 unspecified atom stereocenters. The molecule has 1 aromatic carbocycles. The first kappa shape index (κ1) is 16.5. The molecule has 0 N–H and O–H groups in total. The highest BCUT2D eigenvalue weighted by atomic mass is 79.9. The molecule has 2 saturated heterocycles. The molecule has 0 aromatic heterocycles. The van der Waals surface area contributed by atoms with E-state index in [9.17, 15) is 9.59 Å². The maximum atomic E-state index is 12.7. The van der Waals surface area contributed by atoms with E-state index in [2.05, 4.69) is 27.8 Å². The standard InChI is InChI=1S/C17H22BrN3O2/c1-2-19-7-9-20(10-8-19)17(23)13-11-16(22)21(12-13)15-6-4-3-5-14(15)18/h3-6,13H,2,7-12H2,1H3. The Hall–Kier alpha value is -1.40. The average Bonchev–Trinajstić information content (AvgIpc) is 2.96. The Balaban J connectivity index is 1.66. The van der Waals surface area contributed by atoms with Crippen molar-refractivity contribution in [3.05, 3.63) is 28.7 Å². The van der Waals surface area contributed by atoms with Crippen molar-refractivity contribution in [2.24, 2.45) is 5.92 Å². The molecule has 1 atom stereocenters. The molecule has 2 aliphatic heterocycles. The van der Waals surface area contributed by atoms with Crippen LogP contribution in [0.3, 0.4) is 0 Å². The lowest BCUT2D eigenvalue weighted by Crippen LogP contribution is -2.50. The van der Waals surface area contributed by atoms with Gasteiger partial charge in [0.2, 0.25) is 11.8 Å². The monoisotopic (exact) mass is 379 g/mol. The van der Waals surface area contributed by atoms with E-state index in [0.29, 0.717) is 13.0 Å². The van der Waals surface area contributed by atoms with E-state index in [4.69, 9.17) is 0 Å². The van der Waals surface area contributed by atoms with E-state index in [-0.39, 0.29) is 17.7 Å². The summed E-state index contributed by atoms with van der Waals surface area (Å²) in [6, 6.07) is 7.66. The molecular weight excluding hydrogens is 358 g/mol. The molecule has 2 amide bonds. The number of amides is 2. The van der Waals surface area contributed by atoms with Gasteiger partial charge in [0.05, 0.1) is 11.6 Å². The molecule has 23 heavy (non-hydrogen) atoms. The van der Waals surface area contributed by atoms with Crippen LogP contribution in [-0.4, -0.2) is 60.9 Å². The number of piperazine rings is 1. The van der Waals surface area contributed by atoms with Crippen molar-refractivity contribution in [1.29, 1.82) is 0 Å². The molecule has 2 heterocycles. The number of carbonyl (C=O) groups is 2. The zero-order valence-corrected chi connectivity index (χ0v) is 15.0. The fraction of sp³-hybridized carbons (Fsp3) is 0.529. The van der Waals surface area contributed by atoms with Gasteiger partial charge >= 0.3 is 0 Å². The number of rotatable bonds is 3. The highest BCUT2D eigenvalue weighted by Crippen LogP contribution is 2.32. The molecule has 6 heteroatoms. The summed E-state index contributed by atoms with van der Waals surface area (Å²) >= 11 is 3.49. The topological polar surface area (TPSA) is 43.9 Å². The van der Waals surface area contributed by atoms with E-state index < -0.39 is 0 Å². The van der Waals surface area contributed by atoms with Gasteiger partial charge in [-0.2, -0.15) is 0 Å². The summed E-state index contributed by atoms with van der Waals surface area (Å²) in [5.74, 6) is -0.0612. The number of halogens is 1. The van der Waals surface area contributed by atoms with Crippen molar-refractivity contribution in [2.75, 3.05) is 44.2 Å². The minimum atomic E-state index is -0.220. The number of hydrogen-bond acceptors (Lipinski definition) is 3. The highest BCUT2D eigenvalue weighted by Gasteiger charge is 2.38. The quantitative estimate of drug-likeness (QED) is 0.806. The van der Waals surface area contributed by atoms with Crippen molar-refractivity contribution in [1.82, 2.24) is 9.80 Å². The highest BCUT2D eigenvalue weighted by molar-refractivity contribution is 9.10. The molecule has 0 bridgehead atoms. The van der Waals surface area contributed by atoms with Crippen molar-refractivity contribution in [3.63, 3.8) is 0 Å². The number of carbonyl (C=O) groups excluding carboxylic acids is 2. The third-order valence-electron chi connectivity index (χ3n) is 4.75. The number of hydrogen-bond donors (Lipinski definition) is 0. The third-order valence-corrected chi connectivity index (χ3v) is 5.42. The second kappa shape index (κ2) is 7.01. The Labute approximate surface area is 145 Å². The summed E-state index contributed by atoms with van der Waals surface area (Å²) < 4.78 is 0.887. The molecule has 0 radical (unpaired) electrons. The summed E-state index contributed by atoms with van der Waals surface area (Å²) in [5, 5.41) is 0. The molecule has 0 saturated carbocycles. The maximum Gasteiger partial charge on any atom is 0.228 e. The predicted octanol–water partition coefficient (Wildman–Crippen LogP) is 1.97. The maximum absolute atomic E-state index is 12.7. The zero-order valence-electron chi connectivity index (χ0n) is 13.4. The van der Waals surface area contributed by atoms with Gasteiger partial charge in [-0.15, -0.1) is 0 Å². The van der Waals surface area contributed by atoms with Gasteiger partial charge < -0.3 is 14.7 Å². The molecule has 1 aromatic rings. The largest absolute Gasteiger partial charge is 0.340 e. The Morgan fingerprint density at radius 1 is 1.22 bits per heavy atom. The fourth-order valence-electron chi connectivity index (χ4n) is 3.32. The lowest BCUT2D eigenvalue weighted by Gasteiger charge is -2.35. The summed E-state index contributed by atoms with van der Waals surface area (Å²) in [6.07, 6.45) is 0.314. The second-order valence-electron chi connectivity index (χ2n) is 6.12. The molecule has 2 fully saturated rings. The third kappa shape index (κ3) is 3.43. The minimum Gasteiger partial charge on any atom is -0.340 e. The molecule has 2 aliphatic rings. The van der Waals surface area contributed by atoms with Crippen LogP contribution in [0.2, 0.25) is 0 Å². The van der Waals surface area contributed by atoms with Gasteiger partial charge in [-0.25, -0.2) is 0 Å². The van der Waals surface area contributed by atoms with Crippen LogP contribution in [0.1, 0.15) is 13.3 Å². The van der Waals surface area contributed by atoms with Crippen LogP contribution in [0.15, 0.2) is 28.7 Å². The lowest BCUT2D eigenvalue weighted by atomic mass is 10.1. The molecule has 3 rings (SSSR count). The van der Waals surface area contributed by atoms with Crippen LogP contribution in [0.4, 0.5) is 5.69 Å². The molecular formula is C17H22BrN3O2. The normalized spacial score (nSPS) is 22.7. The van der Waals surface area contributed by atoms with Gasteiger partial charge in [0.25, 0.3) is 0 Å². The summed E-state index contributed by atoms with van der Waals surface area (Å²) in [6.45, 7) is 7.04. The van der Waals surface area contributed by atoms with Crippen LogP contribution in [0, 0.1) is 5.92 Å². The van der Waals surface area contributed by atoms with Gasteiger partial charge in [0, 0.05) is 43.6 Å². The van der Waals surface area contributed by atoms with Gasteiger partial charge in [0.1, 0.15) is 0 Å². The van der Waals surface area contributed by atoms with E-state index >= 15 is 0 Å². The number of anilines is 1. The van der Waals surface area contributed by atoms with Crippen LogP contribution >= 0.6 is 15.9 Å². The Morgan fingerprint density at radius 2 is 1.91 bits per heavy atom. The van der Waals surface area contributed by atoms with Crippen molar-refractivity contribution in [2.45, 2.75) is 13.3 Å². The van der Waals surface area contributed by atoms with E-state index in [1.165, 1.54) is 0 Å². The minimum absolute atomic E-state index is 0.0300. The molecule has 124 valence electrons. The smallest absolute Gasteiger partial charge is 0.228 e. The van der Waals surface area contributed by atoms with Gasteiger partial charge in [-0.1, -0.05) is 19.1 Å². The van der Waals surface area contributed by atoms with E-state index in [0.717, 1.165) is 42.9 Å². The van der Waals surface area contributed by atoms with Crippen molar-refractivity contribution >= 4 is 33.4 Å². The van der Waals surface area contributed by atoms with Crippen LogP contribution in [0.25, 0.3) is 0 Å². The molecule has 5 nitrogen and oxygen atoms in total. The first-order valence-corrected chi connectivity index (χ1v) is 8.95. The average molecular weight is 380 g/mol. The van der Waals surface area contributed by atoms with Crippen molar-refractivity contribution < 1.29 is 9.59 Å². The molecule has 0 spiro atoms. The lowest BCUT2D eigenvalue weighted by molar-refractivity contribution is -0.137. The number of likely N-dealkylation sites (N-methyl/N-ethyl adjacent to an activating group) is 1. The Kier molecular flexibility index (Phi) is 5.02. The second-order valence-corrected chi connectivity index (χ2v) is 6.97. The summed E-state index contributed by atoms with van der Waals surface area (Å²) in [4.78, 5) is 31.1. The SMILES string of the molecule is CCN1CCN(C(=O)C2CC(=O)N(c3ccccc3Br)C2)CC1. The number of para-hydroxylation sites is 1. The summed E-state index contributed by atoms with van der Waals surface area (Å²) in [5.41, 5.74) is 0.851. The number of benzene rings is 1. The van der Waals surface area contributed by atoms with Gasteiger partial charge in [-0.05, 0) is 34.6 Å². The first-order chi connectivity index (χ1) is 11.1. The Morgan fingerprint density at radius 3 is 2.57 bits per heavy atom. The number of nitrogens with zero attached hydrogens (tertiary/aromatic N) is 3. The van der Waals surface area contributed by atoms with Gasteiger partial charge in [-0.3, -0.25) is 9.59 Å². The van der Waals surface area contributed by atoms with Gasteiger partial charge in [0.15, 0.2) is 0 Å². The van der Waals surface area contributed by atoms with Crippen LogP contribution < -0.4 is 4.90 Å². The zero-order chi connectivity index (χ0) is 16.4. The molecule has 0 aliphatic carbocycles. The van der Waals surface area contributed by atoms with E-state index in [1.54, 1.807) is 4.90 Å². The Bertz CT molecular complexity index is 599. The van der Waals surface area contributed by atoms with Crippen molar-refractivity contribution in [3.8, 4) is 0 Å². The predicted molar refractivity (Wildman–Crippen MR) is 93.3 cm³/mol.